The van der Waals surface area contributed by atoms with Gasteiger partial charge in [-0.15, -0.1) is 0 Å². The maximum absolute atomic E-state index is 12.5. The van der Waals surface area contributed by atoms with Gasteiger partial charge in [0.1, 0.15) is 5.82 Å². The van der Waals surface area contributed by atoms with Crippen molar-refractivity contribution in [3.8, 4) is 5.75 Å². The molecule has 5 N–H and O–H groups in total. The second-order valence-electron chi connectivity index (χ2n) is 5.52. The normalized spacial score (nSPS) is 16.0. The number of pyridine rings is 1. The lowest BCUT2D eigenvalue weighted by Crippen LogP contribution is -2.53. The molecule has 0 unspecified atom stereocenters. The molecule has 2 rings (SSSR count). The number of nitrogen functional groups attached to an aromatic ring is 1. The van der Waals surface area contributed by atoms with Gasteiger partial charge >= 0.3 is 0 Å². The second kappa shape index (κ2) is 6.18. The minimum absolute atomic E-state index is 0.151. The molecular formula is C14H21N5O3. The highest BCUT2D eigenvalue weighted by Crippen LogP contribution is 2.36. The highest BCUT2D eigenvalue weighted by molar-refractivity contribution is 6.02. The monoisotopic (exact) mass is 307 g/mol. The molecule has 0 fully saturated rings. The molecular weight excluding hydrogens is 286 g/mol. The van der Waals surface area contributed by atoms with Gasteiger partial charge in [0.25, 0.3) is 5.91 Å². The average molecular weight is 307 g/mol. The molecule has 0 aromatic carbocycles. The first-order valence-corrected chi connectivity index (χ1v) is 7.09. The lowest BCUT2D eigenvalue weighted by atomic mass is 10.1. The standard InChI is InChI=1S/C14H21N5O3/c1-14(2)13(21)19(8-5-11(20)17-7-6-15)12-9(22-14)3-4-10(16)18-12/h3-4H,5-8,15H2,1-2H3,(H2,16,18)(H,17,20). The van der Waals surface area contributed by atoms with Crippen LogP contribution >= 0.6 is 0 Å². The number of carbonyl (C=O) groups excluding carboxylic acids is 2. The van der Waals surface area contributed by atoms with Crippen LogP contribution in [0.15, 0.2) is 12.1 Å². The molecule has 8 nitrogen and oxygen atoms in total. The van der Waals surface area contributed by atoms with Crippen LogP contribution in [0.4, 0.5) is 11.6 Å². The number of nitrogens with zero attached hydrogens (tertiary/aromatic N) is 2. The van der Waals surface area contributed by atoms with Crippen LogP contribution in [-0.4, -0.2) is 42.0 Å². The average Bonchev–Trinajstić information content (AvgIpc) is 2.46. The minimum Gasteiger partial charge on any atom is -0.474 e. The molecule has 22 heavy (non-hydrogen) atoms. The molecule has 0 bridgehead atoms. The molecule has 1 aromatic rings. The van der Waals surface area contributed by atoms with Crippen molar-refractivity contribution in [3.05, 3.63) is 12.1 Å². The van der Waals surface area contributed by atoms with Gasteiger partial charge in [-0.05, 0) is 26.0 Å². The molecule has 0 atom stereocenters. The summed E-state index contributed by atoms with van der Waals surface area (Å²) in [5.74, 6) is 0.669. The summed E-state index contributed by atoms with van der Waals surface area (Å²) in [7, 11) is 0. The molecule has 0 saturated heterocycles. The van der Waals surface area contributed by atoms with E-state index in [9.17, 15) is 9.59 Å². The number of fused-ring (bicyclic) bond motifs is 1. The molecule has 0 radical (unpaired) electrons. The van der Waals surface area contributed by atoms with Crippen molar-refractivity contribution >= 4 is 23.5 Å². The van der Waals surface area contributed by atoms with Crippen LogP contribution in [0.1, 0.15) is 20.3 Å². The first kappa shape index (κ1) is 16.0. The van der Waals surface area contributed by atoms with Crippen molar-refractivity contribution in [1.29, 1.82) is 0 Å². The maximum Gasteiger partial charge on any atom is 0.271 e. The third-order valence-corrected chi connectivity index (χ3v) is 3.27. The molecule has 2 heterocycles. The number of nitrogens with two attached hydrogens (primary N) is 2. The van der Waals surface area contributed by atoms with Crippen LogP contribution in [0.5, 0.6) is 5.75 Å². The number of carbonyl (C=O) groups is 2. The van der Waals surface area contributed by atoms with E-state index in [4.69, 9.17) is 16.2 Å². The molecule has 2 amide bonds. The third-order valence-electron chi connectivity index (χ3n) is 3.27. The van der Waals surface area contributed by atoms with Gasteiger partial charge in [0.05, 0.1) is 0 Å². The van der Waals surface area contributed by atoms with Gasteiger partial charge in [0.2, 0.25) is 5.91 Å². The number of ether oxygens (including phenoxy) is 1. The highest BCUT2D eigenvalue weighted by Gasteiger charge is 2.41. The van der Waals surface area contributed by atoms with Crippen LogP contribution in [0, 0.1) is 0 Å². The SMILES string of the molecule is CC1(C)Oc2ccc(N)nc2N(CCC(=O)NCCN)C1=O. The molecule has 1 aliphatic heterocycles. The van der Waals surface area contributed by atoms with Crippen molar-refractivity contribution in [2.45, 2.75) is 25.9 Å². The Hall–Kier alpha value is -2.35. The Morgan fingerprint density at radius 2 is 2.18 bits per heavy atom. The third kappa shape index (κ3) is 3.28. The van der Waals surface area contributed by atoms with Crippen molar-refractivity contribution in [3.63, 3.8) is 0 Å². The van der Waals surface area contributed by atoms with Gasteiger partial charge in [0.15, 0.2) is 17.2 Å². The van der Waals surface area contributed by atoms with Gasteiger partial charge in [-0.2, -0.15) is 0 Å². The Labute approximate surface area is 128 Å². The van der Waals surface area contributed by atoms with E-state index in [1.165, 1.54) is 4.90 Å². The van der Waals surface area contributed by atoms with Crippen LogP contribution < -0.4 is 26.4 Å². The molecule has 120 valence electrons. The van der Waals surface area contributed by atoms with Gasteiger partial charge < -0.3 is 21.5 Å². The van der Waals surface area contributed by atoms with E-state index in [0.29, 0.717) is 24.7 Å². The Morgan fingerprint density at radius 3 is 2.86 bits per heavy atom. The lowest BCUT2D eigenvalue weighted by molar-refractivity contribution is -0.132. The van der Waals surface area contributed by atoms with Crippen LogP contribution in [-0.2, 0) is 9.59 Å². The first-order chi connectivity index (χ1) is 10.3. The van der Waals surface area contributed by atoms with E-state index in [2.05, 4.69) is 10.3 Å². The number of nitrogens with one attached hydrogen (secondary N) is 1. The smallest absolute Gasteiger partial charge is 0.271 e. The van der Waals surface area contributed by atoms with Crippen molar-refractivity contribution in [2.24, 2.45) is 5.73 Å². The number of hydrogen-bond acceptors (Lipinski definition) is 6. The zero-order valence-electron chi connectivity index (χ0n) is 12.8. The fourth-order valence-electron chi connectivity index (χ4n) is 2.18. The fraction of sp³-hybridized carbons (Fsp3) is 0.500. The summed E-state index contributed by atoms with van der Waals surface area (Å²) in [4.78, 5) is 29.8. The zero-order valence-corrected chi connectivity index (χ0v) is 12.8. The first-order valence-electron chi connectivity index (χ1n) is 7.09. The van der Waals surface area contributed by atoms with Crippen molar-refractivity contribution in [2.75, 3.05) is 30.3 Å². The van der Waals surface area contributed by atoms with E-state index in [-0.39, 0.29) is 30.6 Å². The minimum atomic E-state index is -1.02. The van der Waals surface area contributed by atoms with Crippen molar-refractivity contribution in [1.82, 2.24) is 10.3 Å². The van der Waals surface area contributed by atoms with Gasteiger partial charge in [-0.1, -0.05) is 0 Å². The predicted octanol–water partition coefficient (Wildman–Crippen LogP) is -0.367. The largest absolute Gasteiger partial charge is 0.474 e. The summed E-state index contributed by atoms with van der Waals surface area (Å²) in [6.07, 6.45) is 0.151. The van der Waals surface area contributed by atoms with Gasteiger partial charge in [0, 0.05) is 26.1 Å². The summed E-state index contributed by atoms with van der Waals surface area (Å²) in [6, 6.07) is 3.28. The van der Waals surface area contributed by atoms with E-state index < -0.39 is 5.60 Å². The summed E-state index contributed by atoms with van der Waals surface area (Å²) in [6.45, 7) is 4.33. The molecule has 0 saturated carbocycles. The van der Waals surface area contributed by atoms with Crippen molar-refractivity contribution < 1.29 is 14.3 Å². The quantitative estimate of drug-likeness (QED) is 0.682. The Balaban J connectivity index is 2.19. The molecule has 0 spiro atoms. The van der Waals surface area contributed by atoms with Crippen LogP contribution in [0.2, 0.25) is 0 Å². The maximum atomic E-state index is 12.5. The molecule has 1 aromatic heterocycles. The second-order valence-corrected chi connectivity index (χ2v) is 5.52. The molecule has 8 heteroatoms. The van der Waals surface area contributed by atoms with Crippen LogP contribution in [0.25, 0.3) is 0 Å². The summed E-state index contributed by atoms with van der Waals surface area (Å²) in [5, 5.41) is 2.66. The van der Waals surface area contributed by atoms with E-state index in [1.54, 1.807) is 26.0 Å². The Bertz CT molecular complexity index is 588. The summed E-state index contributed by atoms with van der Waals surface area (Å²) < 4.78 is 5.66. The van der Waals surface area contributed by atoms with Gasteiger partial charge in [-0.25, -0.2) is 4.98 Å². The van der Waals surface area contributed by atoms with Gasteiger partial charge in [-0.3, -0.25) is 14.5 Å². The lowest BCUT2D eigenvalue weighted by Gasteiger charge is -2.37. The molecule has 0 aliphatic carbocycles. The van der Waals surface area contributed by atoms with Crippen LogP contribution in [0.3, 0.4) is 0 Å². The summed E-state index contributed by atoms with van der Waals surface area (Å²) in [5.41, 5.74) is 10.00. The Morgan fingerprint density at radius 1 is 1.45 bits per heavy atom. The van der Waals surface area contributed by atoms with E-state index in [0.717, 1.165) is 0 Å². The molecule has 1 aliphatic rings. The zero-order chi connectivity index (χ0) is 16.3. The Kier molecular flexibility index (Phi) is 4.51. The number of hydrogen-bond donors (Lipinski definition) is 3. The fourth-order valence-corrected chi connectivity index (χ4v) is 2.18. The number of anilines is 2. The highest BCUT2D eigenvalue weighted by atomic mass is 16.5. The van der Waals surface area contributed by atoms with E-state index in [1.807, 2.05) is 0 Å². The predicted molar refractivity (Wildman–Crippen MR) is 82.4 cm³/mol. The number of amides is 2. The summed E-state index contributed by atoms with van der Waals surface area (Å²) >= 11 is 0. The number of rotatable bonds is 5. The number of aromatic nitrogens is 1. The van der Waals surface area contributed by atoms with E-state index >= 15 is 0 Å². The topological polar surface area (TPSA) is 124 Å².